The number of imidazole rings is 1. The summed E-state index contributed by atoms with van der Waals surface area (Å²) < 4.78 is 11.1. The number of hydrogen-bond acceptors (Lipinski definition) is 4. The summed E-state index contributed by atoms with van der Waals surface area (Å²) in [6.45, 7) is 0.683. The molecule has 4 aromatic rings. The molecule has 0 spiro atoms. The minimum Gasteiger partial charge on any atom is -0.491 e. The van der Waals surface area contributed by atoms with Crippen molar-refractivity contribution in [3.63, 3.8) is 0 Å². The van der Waals surface area contributed by atoms with Crippen molar-refractivity contribution in [3.05, 3.63) is 96.3 Å². The monoisotopic (exact) mass is 401 g/mol. The molecule has 2 N–H and O–H groups in total. The number of fused-ring (bicyclic) bond motifs is 1. The zero-order chi connectivity index (χ0) is 20.6. The largest absolute Gasteiger partial charge is 0.491 e. The first-order chi connectivity index (χ1) is 14.8. The molecule has 0 bridgehead atoms. The van der Waals surface area contributed by atoms with Crippen molar-refractivity contribution in [2.75, 3.05) is 19.8 Å². The number of H-pyrrole nitrogens is 1. The number of hydrogen-bond donors (Lipinski definition) is 2. The van der Waals surface area contributed by atoms with Crippen molar-refractivity contribution in [1.82, 2.24) is 15.3 Å². The molecular weight excluding hydrogens is 378 g/mol. The van der Waals surface area contributed by atoms with Gasteiger partial charge in [0.05, 0.1) is 30.0 Å². The van der Waals surface area contributed by atoms with Gasteiger partial charge in [0.1, 0.15) is 19.0 Å². The molecule has 30 heavy (non-hydrogen) atoms. The number of amides is 1. The van der Waals surface area contributed by atoms with E-state index >= 15 is 0 Å². The molecule has 6 heteroatoms. The molecule has 0 fully saturated rings. The lowest BCUT2D eigenvalue weighted by atomic mass is 9.98. The third-order valence-electron chi connectivity index (χ3n) is 4.69. The van der Waals surface area contributed by atoms with Crippen LogP contribution in [0.1, 0.15) is 17.2 Å². The predicted molar refractivity (Wildman–Crippen MR) is 115 cm³/mol. The van der Waals surface area contributed by atoms with E-state index in [1.807, 2.05) is 78.9 Å². The van der Waals surface area contributed by atoms with Crippen LogP contribution in [0.2, 0.25) is 0 Å². The number of ether oxygens (including phenoxy) is 2. The number of nitrogens with zero attached hydrogens (tertiary/aromatic N) is 1. The Bertz CT molecular complexity index is 1080. The summed E-state index contributed by atoms with van der Waals surface area (Å²) in [5.74, 6) is 0.595. The van der Waals surface area contributed by atoms with Crippen molar-refractivity contribution < 1.29 is 14.3 Å². The molecular formula is C24H23N3O3. The van der Waals surface area contributed by atoms with Gasteiger partial charge in [0.2, 0.25) is 5.91 Å². The van der Waals surface area contributed by atoms with Crippen LogP contribution >= 0.6 is 0 Å². The summed E-state index contributed by atoms with van der Waals surface area (Å²) >= 11 is 0. The maximum Gasteiger partial charge on any atom is 0.246 e. The van der Waals surface area contributed by atoms with Gasteiger partial charge in [0, 0.05) is 0 Å². The SMILES string of the molecule is O=C(COCCOc1ccccc1)NC(c1ccccc1)c1ccc2nc[nH]c2c1. The van der Waals surface area contributed by atoms with Crippen LogP contribution in [0.15, 0.2) is 85.2 Å². The summed E-state index contributed by atoms with van der Waals surface area (Å²) in [4.78, 5) is 19.9. The summed E-state index contributed by atoms with van der Waals surface area (Å²) in [6, 6.07) is 25.0. The maximum absolute atomic E-state index is 12.5. The van der Waals surface area contributed by atoms with Crippen LogP contribution in [-0.4, -0.2) is 35.7 Å². The van der Waals surface area contributed by atoms with Gasteiger partial charge in [0.25, 0.3) is 0 Å². The smallest absolute Gasteiger partial charge is 0.246 e. The van der Waals surface area contributed by atoms with E-state index in [0.29, 0.717) is 13.2 Å². The summed E-state index contributed by atoms with van der Waals surface area (Å²) in [5, 5.41) is 3.08. The molecule has 4 rings (SSSR count). The van der Waals surface area contributed by atoms with Gasteiger partial charge in [-0.1, -0.05) is 54.6 Å². The van der Waals surface area contributed by atoms with E-state index in [0.717, 1.165) is 27.9 Å². The summed E-state index contributed by atoms with van der Waals surface area (Å²) in [7, 11) is 0. The third kappa shape index (κ3) is 5.04. The second-order valence-corrected chi connectivity index (χ2v) is 6.80. The second kappa shape index (κ2) is 9.71. The van der Waals surface area contributed by atoms with E-state index < -0.39 is 0 Å². The molecule has 0 aliphatic heterocycles. The van der Waals surface area contributed by atoms with Gasteiger partial charge in [0.15, 0.2) is 0 Å². The first-order valence-electron chi connectivity index (χ1n) is 9.82. The average molecular weight is 401 g/mol. The Kier molecular flexibility index (Phi) is 6.37. The zero-order valence-electron chi connectivity index (χ0n) is 16.5. The number of aromatic amines is 1. The lowest BCUT2D eigenvalue weighted by Crippen LogP contribution is -2.32. The molecule has 0 saturated heterocycles. The lowest BCUT2D eigenvalue weighted by Gasteiger charge is -2.20. The first kappa shape index (κ1) is 19.7. The lowest BCUT2D eigenvalue weighted by molar-refractivity contribution is -0.126. The van der Waals surface area contributed by atoms with Gasteiger partial charge < -0.3 is 19.8 Å². The molecule has 1 heterocycles. The quantitative estimate of drug-likeness (QED) is 0.418. The Balaban J connectivity index is 1.36. The molecule has 0 saturated carbocycles. The van der Waals surface area contributed by atoms with Crippen molar-refractivity contribution in [3.8, 4) is 5.75 Å². The van der Waals surface area contributed by atoms with Crippen LogP contribution in [-0.2, 0) is 9.53 Å². The van der Waals surface area contributed by atoms with Crippen LogP contribution in [0.4, 0.5) is 0 Å². The molecule has 152 valence electrons. The standard InChI is InChI=1S/C24H23N3O3/c28-23(16-29-13-14-30-20-9-5-2-6-10-20)27-24(18-7-3-1-4-8-18)19-11-12-21-22(15-19)26-17-25-21/h1-12,15,17,24H,13-14,16H2,(H,25,26)(H,27,28). The van der Waals surface area contributed by atoms with Gasteiger partial charge in [-0.3, -0.25) is 4.79 Å². The van der Waals surface area contributed by atoms with E-state index in [-0.39, 0.29) is 18.6 Å². The van der Waals surface area contributed by atoms with Gasteiger partial charge in [-0.15, -0.1) is 0 Å². The topological polar surface area (TPSA) is 76.2 Å². The number of nitrogens with one attached hydrogen (secondary N) is 2. The van der Waals surface area contributed by atoms with E-state index in [9.17, 15) is 4.79 Å². The summed E-state index contributed by atoms with van der Waals surface area (Å²) in [6.07, 6.45) is 1.66. The highest BCUT2D eigenvalue weighted by atomic mass is 16.5. The number of carbonyl (C=O) groups excluding carboxylic acids is 1. The number of rotatable bonds is 9. The Morgan fingerprint density at radius 1 is 0.933 bits per heavy atom. The molecule has 0 aliphatic carbocycles. The van der Waals surface area contributed by atoms with Gasteiger partial charge >= 0.3 is 0 Å². The van der Waals surface area contributed by atoms with E-state index in [4.69, 9.17) is 9.47 Å². The highest BCUT2D eigenvalue weighted by Crippen LogP contribution is 2.24. The normalized spacial score (nSPS) is 11.9. The third-order valence-corrected chi connectivity index (χ3v) is 4.69. The van der Waals surface area contributed by atoms with Crippen molar-refractivity contribution in [2.45, 2.75) is 6.04 Å². The fourth-order valence-electron chi connectivity index (χ4n) is 3.24. The first-order valence-corrected chi connectivity index (χ1v) is 9.82. The highest BCUT2D eigenvalue weighted by Gasteiger charge is 2.17. The van der Waals surface area contributed by atoms with Gasteiger partial charge in [-0.2, -0.15) is 0 Å². The fourth-order valence-corrected chi connectivity index (χ4v) is 3.24. The molecule has 0 aliphatic rings. The molecule has 6 nitrogen and oxygen atoms in total. The minimum atomic E-state index is -0.282. The Morgan fingerprint density at radius 2 is 1.70 bits per heavy atom. The van der Waals surface area contributed by atoms with Crippen molar-refractivity contribution in [1.29, 1.82) is 0 Å². The van der Waals surface area contributed by atoms with Crippen LogP contribution in [0.3, 0.4) is 0 Å². The van der Waals surface area contributed by atoms with E-state index in [1.54, 1.807) is 6.33 Å². The molecule has 1 unspecified atom stereocenters. The molecule has 1 aromatic heterocycles. The van der Waals surface area contributed by atoms with Gasteiger partial charge in [-0.25, -0.2) is 4.98 Å². The van der Waals surface area contributed by atoms with E-state index in [1.165, 1.54) is 0 Å². The molecule has 1 atom stereocenters. The predicted octanol–water partition coefficient (Wildman–Crippen LogP) is 3.86. The Morgan fingerprint density at radius 3 is 2.50 bits per heavy atom. The Labute approximate surface area is 174 Å². The van der Waals surface area contributed by atoms with Crippen molar-refractivity contribution in [2.24, 2.45) is 0 Å². The van der Waals surface area contributed by atoms with Crippen LogP contribution < -0.4 is 10.1 Å². The van der Waals surface area contributed by atoms with Crippen LogP contribution in [0.5, 0.6) is 5.75 Å². The average Bonchev–Trinajstić information content (AvgIpc) is 3.26. The molecule has 0 radical (unpaired) electrons. The zero-order valence-corrected chi connectivity index (χ0v) is 16.5. The highest BCUT2D eigenvalue weighted by molar-refractivity contribution is 5.79. The molecule has 1 amide bonds. The number of aromatic nitrogens is 2. The van der Waals surface area contributed by atoms with Crippen LogP contribution in [0, 0.1) is 0 Å². The number of carbonyl (C=O) groups is 1. The van der Waals surface area contributed by atoms with Crippen LogP contribution in [0.25, 0.3) is 11.0 Å². The minimum absolute atomic E-state index is 0.0339. The fraction of sp³-hybridized carbons (Fsp3) is 0.167. The molecule has 3 aromatic carbocycles. The van der Waals surface area contributed by atoms with Gasteiger partial charge in [-0.05, 0) is 35.4 Å². The van der Waals surface area contributed by atoms with E-state index in [2.05, 4.69) is 15.3 Å². The van der Waals surface area contributed by atoms with Crippen molar-refractivity contribution >= 4 is 16.9 Å². The Hall–Kier alpha value is -3.64. The second-order valence-electron chi connectivity index (χ2n) is 6.80. The number of benzene rings is 3. The summed E-state index contributed by atoms with van der Waals surface area (Å²) in [5.41, 5.74) is 3.78. The maximum atomic E-state index is 12.5. The number of para-hydroxylation sites is 1.